The Morgan fingerprint density at radius 1 is 1.14 bits per heavy atom. The number of likely N-dealkylation sites (N-methyl/N-ethyl adjacent to an activating group) is 1. The Balaban J connectivity index is 1.20. The van der Waals surface area contributed by atoms with E-state index in [1.54, 1.807) is 0 Å². The number of amides is 1. The van der Waals surface area contributed by atoms with Crippen molar-refractivity contribution in [2.24, 2.45) is 0 Å². The number of ether oxygens (including phenoxy) is 1. The molecule has 0 saturated carbocycles. The van der Waals surface area contributed by atoms with E-state index in [-0.39, 0.29) is 5.91 Å². The van der Waals surface area contributed by atoms with Crippen LogP contribution in [0.15, 0.2) is 54.1 Å². The lowest BCUT2D eigenvalue weighted by atomic mass is 10.0. The third-order valence-corrected chi connectivity index (χ3v) is 7.41. The van der Waals surface area contributed by atoms with Gasteiger partial charge >= 0.3 is 0 Å². The van der Waals surface area contributed by atoms with Crippen molar-refractivity contribution in [3.05, 3.63) is 54.1 Å². The Morgan fingerprint density at radius 3 is 2.80 bits per heavy atom. The van der Waals surface area contributed by atoms with Crippen LogP contribution >= 0.6 is 0 Å². The molecule has 2 saturated heterocycles. The third kappa shape index (κ3) is 3.97. The first kappa shape index (κ1) is 21.9. The van der Waals surface area contributed by atoms with E-state index in [1.807, 2.05) is 42.4 Å². The largest absolute Gasteiger partial charge is 0.439 e. The van der Waals surface area contributed by atoms with E-state index in [0.29, 0.717) is 12.6 Å². The highest BCUT2D eigenvalue weighted by Gasteiger charge is 2.35. The fraction of sp³-hybridized carbons (Fsp3) is 0.370. The molecule has 1 N–H and O–H groups in total. The standard InChI is InChI=1S/C27H30N6O2/c1-4-17(2)27-30-24-11-18(5-8-25(24)35-27)21-6-7-22-23(29-21)12-19(13-28-22)33-14-20(15-33)32-10-9-31(3)26(34)16-32/h5-8,11-13,20,30H,4,9-10,14-16H2,1-3H3. The predicted molar refractivity (Wildman–Crippen MR) is 137 cm³/mol. The molecule has 2 aromatic heterocycles. The summed E-state index contributed by atoms with van der Waals surface area (Å²) < 4.78 is 5.95. The zero-order chi connectivity index (χ0) is 24.1. The Morgan fingerprint density at radius 2 is 2.00 bits per heavy atom. The van der Waals surface area contributed by atoms with E-state index in [2.05, 4.69) is 46.1 Å². The first-order chi connectivity index (χ1) is 17.0. The number of nitrogens with zero attached hydrogens (tertiary/aromatic N) is 5. The summed E-state index contributed by atoms with van der Waals surface area (Å²) in [5.74, 6) is 1.88. The number of hydrogen-bond acceptors (Lipinski definition) is 7. The van der Waals surface area contributed by atoms with Crippen molar-refractivity contribution in [2.75, 3.05) is 50.0 Å². The van der Waals surface area contributed by atoms with Crippen LogP contribution in [0.3, 0.4) is 0 Å². The molecule has 35 heavy (non-hydrogen) atoms. The summed E-state index contributed by atoms with van der Waals surface area (Å²) >= 11 is 0. The molecule has 0 radical (unpaired) electrons. The molecule has 8 heteroatoms. The van der Waals surface area contributed by atoms with Gasteiger partial charge in [0.15, 0.2) is 11.6 Å². The van der Waals surface area contributed by atoms with Gasteiger partial charge in [-0.1, -0.05) is 6.92 Å². The number of hydrogen-bond donors (Lipinski definition) is 1. The van der Waals surface area contributed by atoms with Crippen molar-refractivity contribution in [3.8, 4) is 17.0 Å². The number of carbonyl (C=O) groups excluding carboxylic acids is 1. The number of rotatable bonds is 4. The number of carbonyl (C=O) groups is 1. The second-order valence-electron chi connectivity index (χ2n) is 9.67. The summed E-state index contributed by atoms with van der Waals surface area (Å²) in [6.45, 7) is 8.29. The molecule has 180 valence electrons. The minimum atomic E-state index is 0.208. The fourth-order valence-corrected chi connectivity index (χ4v) is 4.80. The highest BCUT2D eigenvalue weighted by Crippen LogP contribution is 2.38. The topological polar surface area (TPSA) is 73.8 Å². The van der Waals surface area contributed by atoms with Gasteiger partial charge in [0.2, 0.25) is 5.91 Å². The van der Waals surface area contributed by atoms with E-state index >= 15 is 0 Å². The molecule has 2 fully saturated rings. The molecule has 1 amide bonds. The van der Waals surface area contributed by atoms with Gasteiger partial charge < -0.3 is 19.9 Å². The van der Waals surface area contributed by atoms with Crippen LogP contribution in [0.2, 0.25) is 0 Å². The zero-order valence-electron chi connectivity index (χ0n) is 20.4. The zero-order valence-corrected chi connectivity index (χ0v) is 20.4. The number of benzene rings is 1. The highest BCUT2D eigenvalue weighted by atomic mass is 16.5. The molecule has 8 nitrogen and oxygen atoms in total. The first-order valence-electron chi connectivity index (χ1n) is 12.3. The maximum absolute atomic E-state index is 12.1. The van der Waals surface area contributed by atoms with Gasteiger partial charge in [-0.15, -0.1) is 0 Å². The molecule has 6 rings (SSSR count). The summed E-state index contributed by atoms with van der Waals surface area (Å²) in [5.41, 5.74) is 6.93. The molecule has 0 atom stereocenters. The van der Waals surface area contributed by atoms with Gasteiger partial charge in [0.1, 0.15) is 0 Å². The number of piperazine rings is 1. The van der Waals surface area contributed by atoms with E-state index in [4.69, 9.17) is 9.72 Å². The van der Waals surface area contributed by atoms with Gasteiger partial charge in [0.05, 0.1) is 40.8 Å². The number of anilines is 2. The van der Waals surface area contributed by atoms with Crippen molar-refractivity contribution >= 4 is 28.3 Å². The lowest BCUT2D eigenvalue weighted by Gasteiger charge is -2.48. The van der Waals surface area contributed by atoms with Crippen molar-refractivity contribution < 1.29 is 9.53 Å². The van der Waals surface area contributed by atoms with E-state index in [0.717, 1.165) is 77.9 Å². The minimum absolute atomic E-state index is 0.208. The monoisotopic (exact) mass is 470 g/mol. The van der Waals surface area contributed by atoms with Crippen molar-refractivity contribution in [3.63, 3.8) is 0 Å². The van der Waals surface area contributed by atoms with Crippen LogP contribution < -0.4 is 15.0 Å². The molecule has 1 aromatic carbocycles. The van der Waals surface area contributed by atoms with Gasteiger partial charge in [-0.2, -0.15) is 0 Å². The van der Waals surface area contributed by atoms with Crippen LogP contribution in [0.1, 0.15) is 20.3 Å². The molecule has 0 aliphatic carbocycles. The summed E-state index contributed by atoms with van der Waals surface area (Å²) in [4.78, 5) is 28.1. The number of nitrogens with one attached hydrogen (secondary N) is 1. The summed E-state index contributed by atoms with van der Waals surface area (Å²) in [7, 11) is 1.88. The average molecular weight is 471 g/mol. The Kier molecular flexibility index (Phi) is 5.33. The summed E-state index contributed by atoms with van der Waals surface area (Å²) in [6, 6.07) is 12.7. The van der Waals surface area contributed by atoms with E-state index in [9.17, 15) is 4.79 Å². The SMILES string of the molecule is CCC(C)=C1Nc2cc(-c3ccc4ncc(N5CC(N6CCN(C)C(=O)C6)C5)cc4n3)ccc2O1. The number of pyridine rings is 2. The van der Waals surface area contributed by atoms with Gasteiger partial charge in [-0.25, -0.2) is 4.98 Å². The Hall–Kier alpha value is -3.65. The molecule has 0 unspecified atom stereocenters. The molecular formula is C27H30N6O2. The third-order valence-electron chi connectivity index (χ3n) is 7.41. The maximum atomic E-state index is 12.1. The van der Waals surface area contributed by atoms with E-state index in [1.165, 1.54) is 5.57 Å². The van der Waals surface area contributed by atoms with Gasteiger partial charge in [0, 0.05) is 44.8 Å². The van der Waals surface area contributed by atoms with Crippen molar-refractivity contribution in [1.82, 2.24) is 19.8 Å². The van der Waals surface area contributed by atoms with Gasteiger partial charge in [-0.3, -0.25) is 14.7 Å². The fourth-order valence-electron chi connectivity index (χ4n) is 4.80. The lowest BCUT2D eigenvalue weighted by Crippen LogP contribution is -2.64. The lowest BCUT2D eigenvalue weighted by molar-refractivity contribution is -0.135. The smallest absolute Gasteiger partial charge is 0.236 e. The summed E-state index contributed by atoms with van der Waals surface area (Å²) in [6.07, 6.45) is 2.87. The number of fused-ring (bicyclic) bond motifs is 2. The number of allylic oxidation sites excluding steroid dienone is 1. The second-order valence-corrected chi connectivity index (χ2v) is 9.67. The summed E-state index contributed by atoms with van der Waals surface area (Å²) in [5, 5.41) is 3.39. The molecular weight excluding hydrogens is 440 g/mol. The number of aromatic nitrogens is 2. The minimum Gasteiger partial charge on any atom is -0.439 e. The van der Waals surface area contributed by atoms with Crippen LogP contribution in [-0.2, 0) is 4.79 Å². The molecule has 0 bridgehead atoms. The predicted octanol–water partition coefficient (Wildman–Crippen LogP) is 3.71. The molecule has 0 spiro atoms. The molecule has 3 aliphatic heterocycles. The normalized spacial score (nSPS) is 19.9. The quantitative estimate of drug-likeness (QED) is 0.623. The van der Waals surface area contributed by atoms with Crippen molar-refractivity contribution in [2.45, 2.75) is 26.3 Å². The average Bonchev–Trinajstić information content (AvgIpc) is 3.28. The Bertz CT molecular complexity index is 1350. The molecule has 5 heterocycles. The van der Waals surface area contributed by atoms with Crippen LogP contribution in [0, 0.1) is 0 Å². The van der Waals surface area contributed by atoms with Crippen LogP contribution in [0.25, 0.3) is 22.3 Å². The second kappa shape index (κ2) is 8.53. The molecule has 3 aromatic rings. The van der Waals surface area contributed by atoms with E-state index < -0.39 is 0 Å². The highest BCUT2D eigenvalue weighted by molar-refractivity contribution is 5.82. The van der Waals surface area contributed by atoms with Crippen LogP contribution in [0.5, 0.6) is 5.75 Å². The van der Waals surface area contributed by atoms with Gasteiger partial charge in [0.25, 0.3) is 0 Å². The first-order valence-corrected chi connectivity index (χ1v) is 12.3. The van der Waals surface area contributed by atoms with Crippen LogP contribution in [0.4, 0.5) is 11.4 Å². The van der Waals surface area contributed by atoms with Gasteiger partial charge in [-0.05, 0) is 55.3 Å². The maximum Gasteiger partial charge on any atom is 0.236 e. The van der Waals surface area contributed by atoms with Crippen LogP contribution in [-0.4, -0.2) is 71.5 Å². The Labute approximate surface area is 205 Å². The molecule has 3 aliphatic rings. The van der Waals surface area contributed by atoms with Crippen molar-refractivity contribution in [1.29, 1.82) is 0 Å².